The predicted molar refractivity (Wildman–Crippen MR) is 111 cm³/mol. The van der Waals surface area contributed by atoms with E-state index in [4.69, 9.17) is 0 Å². The van der Waals surface area contributed by atoms with Gasteiger partial charge in [0.15, 0.2) is 6.54 Å². The first-order valence-corrected chi connectivity index (χ1v) is 10.0. The summed E-state index contributed by atoms with van der Waals surface area (Å²) in [6.07, 6.45) is 1.95. The van der Waals surface area contributed by atoms with Crippen LogP contribution in [0, 0.1) is 0 Å². The van der Waals surface area contributed by atoms with Crippen molar-refractivity contribution in [1.82, 2.24) is 5.32 Å². The van der Waals surface area contributed by atoms with Crippen LogP contribution in [0.25, 0.3) is 10.8 Å². The molecule has 1 aliphatic rings. The van der Waals surface area contributed by atoms with E-state index in [1.54, 1.807) is 0 Å². The van der Waals surface area contributed by atoms with Crippen LogP contribution in [0.1, 0.15) is 18.5 Å². The first kappa shape index (κ1) is 18.4. The van der Waals surface area contributed by atoms with Crippen molar-refractivity contribution in [2.75, 3.05) is 37.6 Å². The van der Waals surface area contributed by atoms with Gasteiger partial charge in [0.1, 0.15) is 26.2 Å². The maximum absolute atomic E-state index is 12.6. The average Bonchev–Trinajstić information content (AvgIpc) is 2.74. The van der Waals surface area contributed by atoms with E-state index in [0.717, 1.165) is 37.6 Å². The molecule has 3 aromatic rings. The summed E-state index contributed by atoms with van der Waals surface area (Å²) in [5, 5.41) is 5.61. The van der Waals surface area contributed by atoms with Crippen molar-refractivity contribution < 1.29 is 14.7 Å². The summed E-state index contributed by atoms with van der Waals surface area (Å²) >= 11 is 0. The Hall–Kier alpha value is -2.92. The van der Waals surface area contributed by atoms with E-state index in [9.17, 15) is 4.79 Å². The van der Waals surface area contributed by atoms with E-state index in [-0.39, 0.29) is 11.9 Å². The standard InChI is InChI=1S/C23H26N4O/c1-18(20-10-9-19-6-2-3-7-21(19)16-20)25-23(28)17-26-12-14-27(15-13-26)22-8-4-5-11-24-22/h2-11,16,18H,12-15,17H2,1H3,(H,25,28)/p+2/t18-/m1/s1. The van der Waals surface area contributed by atoms with Crippen LogP contribution < -0.4 is 20.1 Å². The number of benzene rings is 2. The molecule has 1 fully saturated rings. The number of pyridine rings is 1. The van der Waals surface area contributed by atoms with E-state index in [1.165, 1.54) is 15.7 Å². The minimum Gasteiger partial charge on any atom is -0.345 e. The quantitative estimate of drug-likeness (QED) is 0.704. The highest BCUT2D eigenvalue weighted by Crippen LogP contribution is 2.20. The number of fused-ring (bicyclic) bond motifs is 1. The molecule has 0 unspecified atom stereocenters. The second-order valence-corrected chi connectivity index (χ2v) is 7.56. The topological polar surface area (TPSA) is 50.9 Å². The number of nitrogens with one attached hydrogen (secondary N) is 3. The average molecular weight is 377 g/mol. The smallest absolute Gasteiger partial charge is 0.275 e. The summed E-state index contributed by atoms with van der Waals surface area (Å²) < 4.78 is 0. The van der Waals surface area contributed by atoms with Gasteiger partial charge in [0, 0.05) is 6.07 Å². The van der Waals surface area contributed by atoms with Crippen molar-refractivity contribution >= 4 is 22.5 Å². The number of hydrogen-bond acceptors (Lipinski definition) is 2. The molecule has 1 aromatic heterocycles. The molecule has 3 N–H and O–H groups in total. The molecular formula is C23H28N4O+2. The molecule has 5 heteroatoms. The number of aromatic nitrogens is 1. The number of carbonyl (C=O) groups is 1. The Morgan fingerprint density at radius 3 is 2.57 bits per heavy atom. The highest BCUT2D eigenvalue weighted by atomic mass is 16.2. The molecule has 4 rings (SSSR count). The highest BCUT2D eigenvalue weighted by molar-refractivity contribution is 5.83. The zero-order chi connectivity index (χ0) is 19.3. The molecule has 1 atom stereocenters. The van der Waals surface area contributed by atoms with Gasteiger partial charge in [0.2, 0.25) is 0 Å². The van der Waals surface area contributed by atoms with Crippen molar-refractivity contribution in [3.8, 4) is 0 Å². The number of amides is 1. The van der Waals surface area contributed by atoms with Crippen LogP contribution in [-0.4, -0.2) is 38.6 Å². The van der Waals surface area contributed by atoms with Gasteiger partial charge in [-0.05, 0) is 35.4 Å². The maximum Gasteiger partial charge on any atom is 0.275 e. The summed E-state index contributed by atoms with van der Waals surface area (Å²) in [5.74, 6) is 1.27. The molecule has 0 bridgehead atoms. The van der Waals surface area contributed by atoms with Gasteiger partial charge < -0.3 is 10.2 Å². The Labute approximate surface area is 166 Å². The van der Waals surface area contributed by atoms with Crippen LogP contribution in [0.4, 0.5) is 5.82 Å². The Balaban J connectivity index is 1.29. The van der Waals surface area contributed by atoms with Crippen LogP contribution in [0.3, 0.4) is 0 Å². The number of H-pyrrole nitrogens is 1. The lowest BCUT2D eigenvalue weighted by atomic mass is 10.0. The summed E-state index contributed by atoms with van der Waals surface area (Å²) in [7, 11) is 0. The SMILES string of the molecule is C[C@@H](NC(=O)C[NH+]1CCN(c2cccc[nH+]2)CC1)c1ccc2ccccc2c1. The fourth-order valence-electron chi connectivity index (χ4n) is 3.90. The molecule has 0 aliphatic carbocycles. The number of quaternary nitrogens is 1. The Morgan fingerprint density at radius 2 is 1.82 bits per heavy atom. The fraction of sp³-hybridized carbons (Fsp3) is 0.304. The number of rotatable bonds is 5. The van der Waals surface area contributed by atoms with Crippen molar-refractivity contribution in [3.63, 3.8) is 0 Å². The number of aromatic amines is 1. The second-order valence-electron chi connectivity index (χ2n) is 7.56. The van der Waals surface area contributed by atoms with Crippen molar-refractivity contribution in [2.45, 2.75) is 13.0 Å². The molecule has 1 amide bonds. The van der Waals surface area contributed by atoms with Gasteiger partial charge >= 0.3 is 0 Å². The van der Waals surface area contributed by atoms with Crippen LogP contribution >= 0.6 is 0 Å². The summed E-state index contributed by atoms with van der Waals surface area (Å²) in [6.45, 7) is 6.46. The minimum atomic E-state index is 0.0108. The van der Waals surface area contributed by atoms with Gasteiger partial charge in [-0.15, -0.1) is 0 Å². The summed E-state index contributed by atoms with van der Waals surface area (Å²) in [6, 6.07) is 20.9. The molecule has 1 aliphatic heterocycles. The van der Waals surface area contributed by atoms with Gasteiger partial charge in [-0.3, -0.25) is 9.69 Å². The number of nitrogens with zero attached hydrogens (tertiary/aromatic N) is 1. The first-order chi connectivity index (χ1) is 13.7. The maximum atomic E-state index is 12.6. The van der Waals surface area contributed by atoms with Gasteiger partial charge in [0.05, 0.1) is 12.2 Å². The summed E-state index contributed by atoms with van der Waals surface area (Å²) in [4.78, 5) is 19.5. The number of piperazine rings is 1. The highest BCUT2D eigenvalue weighted by Gasteiger charge is 2.27. The van der Waals surface area contributed by atoms with E-state index >= 15 is 0 Å². The molecule has 0 radical (unpaired) electrons. The third kappa shape index (κ3) is 4.31. The lowest BCUT2D eigenvalue weighted by Crippen LogP contribution is -3.16. The molecular weight excluding hydrogens is 348 g/mol. The molecule has 1 saturated heterocycles. The third-order valence-corrected chi connectivity index (χ3v) is 5.57. The Bertz CT molecular complexity index is 935. The predicted octanol–water partition coefficient (Wildman–Crippen LogP) is 1.24. The fourth-order valence-corrected chi connectivity index (χ4v) is 3.90. The third-order valence-electron chi connectivity index (χ3n) is 5.57. The molecule has 0 spiro atoms. The Morgan fingerprint density at radius 1 is 1.07 bits per heavy atom. The summed E-state index contributed by atoms with van der Waals surface area (Å²) in [5.41, 5.74) is 1.14. The Kier molecular flexibility index (Phi) is 5.53. The van der Waals surface area contributed by atoms with Gasteiger partial charge in [0.25, 0.3) is 11.7 Å². The van der Waals surface area contributed by atoms with Crippen molar-refractivity contribution in [1.29, 1.82) is 0 Å². The normalized spacial score (nSPS) is 16.1. The molecule has 5 nitrogen and oxygen atoms in total. The minimum absolute atomic E-state index is 0.0108. The first-order valence-electron chi connectivity index (χ1n) is 10.0. The zero-order valence-electron chi connectivity index (χ0n) is 16.3. The molecule has 2 aromatic carbocycles. The lowest BCUT2D eigenvalue weighted by molar-refractivity contribution is -0.892. The van der Waals surface area contributed by atoms with Gasteiger partial charge in [-0.2, -0.15) is 0 Å². The van der Waals surface area contributed by atoms with Crippen LogP contribution in [0.5, 0.6) is 0 Å². The van der Waals surface area contributed by atoms with Gasteiger partial charge in [-0.1, -0.05) is 42.5 Å². The van der Waals surface area contributed by atoms with E-state index in [2.05, 4.69) is 58.5 Å². The zero-order valence-corrected chi connectivity index (χ0v) is 16.3. The largest absolute Gasteiger partial charge is 0.345 e. The van der Waals surface area contributed by atoms with Crippen LogP contribution in [0.2, 0.25) is 0 Å². The second kappa shape index (κ2) is 8.40. The molecule has 28 heavy (non-hydrogen) atoms. The number of hydrogen-bond donors (Lipinski definition) is 2. The lowest BCUT2D eigenvalue weighted by Gasteiger charge is -2.28. The van der Waals surface area contributed by atoms with Gasteiger partial charge in [-0.25, -0.2) is 4.98 Å². The molecule has 2 heterocycles. The van der Waals surface area contributed by atoms with Crippen LogP contribution in [-0.2, 0) is 4.79 Å². The van der Waals surface area contributed by atoms with E-state index < -0.39 is 0 Å². The van der Waals surface area contributed by atoms with Crippen LogP contribution in [0.15, 0.2) is 66.9 Å². The van der Waals surface area contributed by atoms with Crippen molar-refractivity contribution in [3.05, 3.63) is 72.4 Å². The van der Waals surface area contributed by atoms with E-state index in [1.807, 2.05) is 30.5 Å². The number of carbonyl (C=O) groups excluding carboxylic acids is 1. The molecule has 0 saturated carbocycles. The van der Waals surface area contributed by atoms with E-state index in [0.29, 0.717) is 6.54 Å². The molecule has 144 valence electrons. The van der Waals surface area contributed by atoms with Crippen molar-refractivity contribution in [2.24, 2.45) is 0 Å². The number of anilines is 1. The monoisotopic (exact) mass is 376 g/mol.